The smallest absolute Gasteiger partial charge is 0.311 e. The van der Waals surface area contributed by atoms with Gasteiger partial charge in [-0.15, -0.1) is 0 Å². The summed E-state index contributed by atoms with van der Waals surface area (Å²) >= 11 is 0. The first-order chi connectivity index (χ1) is 33.6. The molecule has 12 nitrogen and oxygen atoms in total. The number of hydrogen-bond donors (Lipinski definition) is 0. The van der Waals surface area contributed by atoms with Gasteiger partial charge in [-0.05, 0) is 160 Å². The third kappa shape index (κ3) is 15.4. The van der Waals surface area contributed by atoms with Gasteiger partial charge < -0.3 is 33.2 Å². The number of ether oxygens (including phenoxy) is 7. The Morgan fingerprint density at radius 2 is 1.04 bits per heavy atom. The van der Waals surface area contributed by atoms with Crippen LogP contribution in [0.4, 0.5) is 0 Å². The summed E-state index contributed by atoms with van der Waals surface area (Å²) in [6, 6.07) is 0. The molecule has 6 aliphatic rings. The Bertz CT molecular complexity index is 2020. The summed E-state index contributed by atoms with van der Waals surface area (Å²) in [5.74, 6) is 0.572. The molecule has 2 aliphatic heterocycles. The van der Waals surface area contributed by atoms with E-state index in [1.165, 1.54) is 18.3 Å². The number of methoxy groups -OCH3 is 1. The minimum Gasteiger partial charge on any atom is -0.469 e. The van der Waals surface area contributed by atoms with Crippen LogP contribution in [0.1, 0.15) is 187 Å². The third-order valence-electron chi connectivity index (χ3n) is 17.2. The van der Waals surface area contributed by atoms with E-state index >= 15 is 0 Å². The Morgan fingerprint density at radius 1 is 0.611 bits per heavy atom. The van der Waals surface area contributed by atoms with Crippen molar-refractivity contribution in [2.75, 3.05) is 7.11 Å². The zero-order valence-electron chi connectivity index (χ0n) is 47.1. The Labute approximate surface area is 433 Å². The van der Waals surface area contributed by atoms with E-state index in [9.17, 15) is 24.0 Å². The third-order valence-corrected chi connectivity index (χ3v) is 17.2. The minimum atomic E-state index is -0.741. The molecule has 14 atom stereocenters. The highest BCUT2D eigenvalue weighted by Gasteiger charge is 2.46. The normalized spacial score (nSPS) is 33.3. The van der Waals surface area contributed by atoms with Gasteiger partial charge in [0.05, 0.1) is 48.4 Å². The molecule has 0 amide bonds. The van der Waals surface area contributed by atoms with E-state index in [0.717, 1.165) is 44.9 Å². The number of allylic oxidation sites excluding steroid dienone is 6. The second-order valence-electron chi connectivity index (χ2n) is 24.8. The SMILES string of the molecule is CCC(C)(C)C(=O)O[C@@H]1CC(=O)O[C@H](CC[C@@H]2C3C(=C[C@H](C)C[C@@H]3OC(=O)C(C)(C)CC)C=C[C@@H]2C)C1.CCC(C)(C)C(=O)O[C@H]1C[C@@H](C)C=C2C=C[C@H](C)[C@H](CC[C@@H]3C[C@H](CC(=O)OC)OC(C)(C)O3)C21. The summed E-state index contributed by atoms with van der Waals surface area (Å²) in [5.41, 5.74) is 0.997. The van der Waals surface area contributed by atoms with Crippen LogP contribution >= 0.6 is 0 Å². The number of fused-ring (bicyclic) bond motifs is 2. The molecule has 12 heteroatoms. The number of carbonyl (C=O) groups excluding carboxylic acids is 5. The molecule has 2 heterocycles. The molecule has 6 rings (SSSR count). The second-order valence-corrected chi connectivity index (χ2v) is 24.8. The van der Waals surface area contributed by atoms with Gasteiger partial charge >= 0.3 is 29.8 Å². The fourth-order valence-electron chi connectivity index (χ4n) is 11.4. The molecule has 2 unspecified atom stereocenters. The number of hydrogen-bond acceptors (Lipinski definition) is 12. The fraction of sp³-hybridized carbons (Fsp3) is 0.783. The molecule has 0 aromatic rings. The molecule has 0 radical (unpaired) electrons. The van der Waals surface area contributed by atoms with Crippen LogP contribution in [0.15, 0.2) is 47.6 Å². The zero-order valence-corrected chi connectivity index (χ0v) is 47.1. The lowest BCUT2D eigenvalue weighted by Crippen LogP contribution is -2.46. The van der Waals surface area contributed by atoms with Crippen molar-refractivity contribution in [1.29, 1.82) is 0 Å². The molecular formula is C60H94O12. The van der Waals surface area contributed by atoms with Crippen LogP contribution < -0.4 is 0 Å². The van der Waals surface area contributed by atoms with Crippen molar-refractivity contribution in [3.8, 4) is 0 Å². The summed E-state index contributed by atoms with van der Waals surface area (Å²) in [6.45, 7) is 30.2. The molecule has 4 aliphatic carbocycles. The van der Waals surface area contributed by atoms with E-state index in [1.54, 1.807) is 0 Å². The Balaban J connectivity index is 0.000000268. The van der Waals surface area contributed by atoms with Crippen LogP contribution in [-0.2, 0) is 57.1 Å². The maximum atomic E-state index is 13.0. The molecule has 0 bridgehead atoms. The van der Waals surface area contributed by atoms with Gasteiger partial charge in [0.1, 0.15) is 24.4 Å². The first-order valence-electron chi connectivity index (χ1n) is 27.7. The van der Waals surface area contributed by atoms with Gasteiger partial charge in [0.25, 0.3) is 0 Å². The molecular weight excluding hydrogens is 913 g/mol. The van der Waals surface area contributed by atoms with E-state index in [-0.39, 0.29) is 91.0 Å². The lowest BCUT2D eigenvalue weighted by atomic mass is 9.65. The average Bonchev–Trinajstić information content (AvgIpc) is 3.30. The summed E-state index contributed by atoms with van der Waals surface area (Å²) in [5, 5.41) is 0. The number of carbonyl (C=O) groups is 5. The Kier molecular flexibility index (Phi) is 20.3. The first-order valence-corrected chi connectivity index (χ1v) is 27.7. The van der Waals surface area contributed by atoms with Gasteiger partial charge in [0, 0.05) is 24.7 Å². The van der Waals surface area contributed by atoms with Crippen LogP contribution in [-0.4, -0.2) is 79.4 Å². The topological polar surface area (TPSA) is 150 Å². The van der Waals surface area contributed by atoms with E-state index in [2.05, 4.69) is 64.2 Å². The quantitative estimate of drug-likeness (QED) is 0.101. The van der Waals surface area contributed by atoms with Crippen LogP contribution in [0.5, 0.6) is 0 Å². The molecule has 0 aromatic carbocycles. The summed E-state index contributed by atoms with van der Waals surface area (Å²) in [6.07, 6.45) is 21.2. The molecule has 406 valence electrons. The maximum Gasteiger partial charge on any atom is 0.311 e. The Hall–Kier alpha value is -3.77. The standard InChI is InChI=1S/C31H48O6.C29H46O6/c1-9-30(5,6)28(33)36-23-17-22(35-26(32)18-23)13-14-24-20(4)11-12-21-15-19(3)16-25(27(21)24)37-29(34)31(7,8)10-2;1-9-28(4,5)27(31)33-24-15-18(2)14-20-11-10-19(3)23(26(20)24)13-12-21-16-22(17-25(30)32-8)35-29(6,7)34-21/h11-12,15,19-20,22-25,27H,9-10,13-14,16-18H2,1-8H3;10-11,14,18-19,21-24,26H,9,12-13,15-17H2,1-8H3/t19-,20-,22+,23-,24-,25-,27?;18-,19-,21+,22+,23-,24-,26?/m00/s1. The van der Waals surface area contributed by atoms with Gasteiger partial charge in [-0.2, -0.15) is 0 Å². The fourth-order valence-corrected chi connectivity index (χ4v) is 11.4. The van der Waals surface area contributed by atoms with Gasteiger partial charge in [0.15, 0.2) is 5.79 Å². The summed E-state index contributed by atoms with van der Waals surface area (Å²) in [7, 11) is 1.41. The summed E-state index contributed by atoms with van der Waals surface area (Å²) in [4.78, 5) is 62.9. The number of rotatable bonds is 17. The van der Waals surface area contributed by atoms with Crippen molar-refractivity contribution in [2.24, 2.45) is 63.6 Å². The maximum absolute atomic E-state index is 13.0. The van der Waals surface area contributed by atoms with Crippen LogP contribution in [0.3, 0.4) is 0 Å². The van der Waals surface area contributed by atoms with Crippen molar-refractivity contribution in [3.05, 3.63) is 47.6 Å². The van der Waals surface area contributed by atoms with Crippen molar-refractivity contribution in [1.82, 2.24) is 0 Å². The van der Waals surface area contributed by atoms with Crippen molar-refractivity contribution in [2.45, 2.75) is 230 Å². The molecule has 0 spiro atoms. The van der Waals surface area contributed by atoms with Gasteiger partial charge in [0.2, 0.25) is 0 Å². The second kappa shape index (κ2) is 24.7. The van der Waals surface area contributed by atoms with Crippen molar-refractivity contribution >= 4 is 29.8 Å². The van der Waals surface area contributed by atoms with Gasteiger partial charge in [-0.3, -0.25) is 24.0 Å². The largest absolute Gasteiger partial charge is 0.469 e. The number of esters is 5. The lowest BCUT2D eigenvalue weighted by Gasteiger charge is -2.45. The van der Waals surface area contributed by atoms with Crippen LogP contribution in [0.2, 0.25) is 0 Å². The van der Waals surface area contributed by atoms with Gasteiger partial charge in [-0.25, -0.2) is 0 Å². The average molecular weight is 1010 g/mol. The van der Waals surface area contributed by atoms with E-state index in [1.807, 2.05) is 76.2 Å². The molecule has 0 aromatic heterocycles. The van der Waals surface area contributed by atoms with E-state index in [4.69, 9.17) is 33.2 Å². The van der Waals surface area contributed by atoms with Crippen LogP contribution in [0.25, 0.3) is 0 Å². The summed E-state index contributed by atoms with van der Waals surface area (Å²) < 4.78 is 41.0. The minimum absolute atomic E-state index is 0.00137. The highest BCUT2D eigenvalue weighted by Crippen LogP contribution is 2.48. The van der Waals surface area contributed by atoms with Crippen LogP contribution in [0, 0.1) is 63.6 Å². The molecule has 2 saturated heterocycles. The molecule has 2 fully saturated rings. The lowest BCUT2D eigenvalue weighted by molar-refractivity contribution is -0.301. The van der Waals surface area contributed by atoms with Gasteiger partial charge in [-0.1, -0.05) is 84.9 Å². The highest BCUT2D eigenvalue weighted by atomic mass is 16.7. The number of cyclic esters (lactones) is 1. The van der Waals surface area contributed by atoms with E-state index < -0.39 is 28.1 Å². The molecule has 72 heavy (non-hydrogen) atoms. The predicted molar refractivity (Wildman–Crippen MR) is 279 cm³/mol. The Morgan fingerprint density at radius 3 is 1.49 bits per heavy atom. The van der Waals surface area contributed by atoms with Crippen molar-refractivity contribution in [3.63, 3.8) is 0 Å². The first kappa shape index (κ1) is 59.1. The zero-order chi connectivity index (χ0) is 53.5. The highest BCUT2D eigenvalue weighted by molar-refractivity contribution is 5.78. The molecule has 0 saturated carbocycles. The van der Waals surface area contributed by atoms with E-state index in [0.29, 0.717) is 55.3 Å². The van der Waals surface area contributed by atoms with Crippen molar-refractivity contribution < 1.29 is 57.1 Å². The molecule has 0 N–H and O–H groups in total. The predicted octanol–water partition coefficient (Wildman–Crippen LogP) is 12.6. The monoisotopic (exact) mass is 1010 g/mol.